The van der Waals surface area contributed by atoms with Gasteiger partial charge in [-0.1, -0.05) is 80.9 Å². The lowest BCUT2D eigenvalue weighted by Crippen LogP contribution is -2.37. The number of carbonyl (C=O) groups excluding carboxylic acids is 2. The zero-order chi connectivity index (χ0) is 27.3. The number of aromatic nitrogens is 2. The molecule has 0 spiro atoms. The third-order valence-corrected chi connectivity index (χ3v) is 6.30. The minimum absolute atomic E-state index is 0.163. The molecule has 3 aromatic carbocycles. The summed E-state index contributed by atoms with van der Waals surface area (Å²) in [4.78, 5) is 28.4. The first kappa shape index (κ1) is 26.9. The highest BCUT2D eigenvalue weighted by Crippen LogP contribution is 2.29. The van der Waals surface area contributed by atoms with Gasteiger partial charge in [0.05, 0.1) is 23.5 Å². The second-order valence-corrected chi connectivity index (χ2v) is 10.4. The maximum Gasteiger partial charge on any atom is 0.254 e. The first-order valence-electron chi connectivity index (χ1n) is 12.3. The maximum absolute atomic E-state index is 13.5. The third kappa shape index (κ3) is 6.42. The molecule has 0 saturated heterocycles. The summed E-state index contributed by atoms with van der Waals surface area (Å²) >= 11 is 6.46. The van der Waals surface area contributed by atoms with Crippen molar-refractivity contribution >= 4 is 29.2 Å². The van der Waals surface area contributed by atoms with Crippen molar-refractivity contribution in [1.82, 2.24) is 14.7 Å². The van der Waals surface area contributed by atoms with Gasteiger partial charge in [-0.05, 0) is 35.9 Å². The Kier molecular flexibility index (Phi) is 8.17. The molecule has 0 aliphatic rings. The summed E-state index contributed by atoms with van der Waals surface area (Å²) < 4.78 is 6.92. The zero-order valence-electron chi connectivity index (χ0n) is 21.9. The fourth-order valence-electron chi connectivity index (χ4n) is 3.94. The van der Waals surface area contributed by atoms with Crippen LogP contribution >= 0.6 is 11.6 Å². The lowest BCUT2D eigenvalue weighted by atomic mass is 9.92. The number of rotatable bonds is 8. The molecule has 7 nitrogen and oxygen atoms in total. The van der Waals surface area contributed by atoms with E-state index in [0.29, 0.717) is 27.8 Å². The molecule has 1 aromatic heterocycles. The van der Waals surface area contributed by atoms with E-state index in [1.165, 1.54) is 4.90 Å². The Hall–Kier alpha value is -4.10. The molecule has 4 aromatic rings. The Morgan fingerprint density at radius 3 is 2.37 bits per heavy atom. The summed E-state index contributed by atoms with van der Waals surface area (Å²) in [5, 5.41) is 8.20. The first-order valence-corrected chi connectivity index (χ1v) is 12.7. The van der Waals surface area contributed by atoms with E-state index < -0.39 is 0 Å². The highest BCUT2D eigenvalue weighted by atomic mass is 35.5. The van der Waals surface area contributed by atoms with Crippen LogP contribution in [0.15, 0.2) is 84.9 Å². The number of hydrogen-bond donors (Lipinski definition) is 1. The van der Waals surface area contributed by atoms with Crippen molar-refractivity contribution in [3.8, 4) is 11.4 Å². The molecule has 0 fully saturated rings. The minimum atomic E-state index is -0.356. The van der Waals surface area contributed by atoms with Crippen molar-refractivity contribution in [2.24, 2.45) is 0 Å². The number of methoxy groups -OCH3 is 1. The average molecular weight is 531 g/mol. The molecule has 2 amide bonds. The second-order valence-electron chi connectivity index (χ2n) is 9.95. The Morgan fingerprint density at radius 1 is 0.974 bits per heavy atom. The number of amides is 2. The van der Waals surface area contributed by atoms with Crippen LogP contribution in [0.25, 0.3) is 5.69 Å². The Morgan fingerprint density at radius 2 is 1.68 bits per heavy atom. The fraction of sp³-hybridized carbons (Fsp3) is 0.233. The van der Waals surface area contributed by atoms with Gasteiger partial charge in [0.2, 0.25) is 5.91 Å². The lowest BCUT2D eigenvalue weighted by Gasteiger charge is -2.23. The fourth-order valence-corrected chi connectivity index (χ4v) is 4.16. The lowest BCUT2D eigenvalue weighted by molar-refractivity contribution is -0.117. The zero-order valence-corrected chi connectivity index (χ0v) is 22.7. The largest absolute Gasteiger partial charge is 0.497 e. The van der Waals surface area contributed by atoms with E-state index in [0.717, 1.165) is 11.3 Å². The molecule has 4 rings (SSSR count). The minimum Gasteiger partial charge on any atom is -0.497 e. The Labute approximate surface area is 228 Å². The molecule has 196 valence electrons. The number of ether oxygens (including phenoxy) is 1. The van der Waals surface area contributed by atoms with E-state index in [4.69, 9.17) is 21.4 Å². The summed E-state index contributed by atoms with van der Waals surface area (Å²) in [5.41, 5.74) is 2.53. The summed E-state index contributed by atoms with van der Waals surface area (Å²) in [7, 11) is 1.55. The van der Waals surface area contributed by atoms with E-state index in [-0.39, 0.29) is 30.3 Å². The van der Waals surface area contributed by atoms with E-state index in [9.17, 15) is 9.59 Å². The van der Waals surface area contributed by atoms with E-state index >= 15 is 0 Å². The summed E-state index contributed by atoms with van der Waals surface area (Å²) in [5.74, 6) is 0.406. The molecule has 0 aliphatic carbocycles. The number of carbonyl (C=O) groups is 2. The standard InChI is InChI=1S/C30H31ClN4O3/c1-30(2,3)26-18-27(35(33-26)25-16-9-8-15-24(25)31)32-28(36)20-34(19-21-11-6-5-7-12-21)29(37)22-13-10-14-23(17-22)38-4/h5-18H,19-20H2,1-4H3,(H,32,36). The van der Waals surface area contributed by atoms with Gasteiger partial charge in [-0.2, -0.15) is 5.10 Å². The van der Waals surface area contributed by atoms with Crippen LogP contribution < -0.4 is 10.1 Å². The van der Waals surface area contributed by atoms with Crippen LogP contribution in [0.2, 0.25) is 5.02 Å². The van der Waals surface area contributed by atoms with Gasteiger partial charge in [0.1, 0.15) is 18.1 Å². The molecule has 8 heteroatoms. The molecule has 0 unspecified atom stereocenters. The van der Waals surface area contributed by atoms with Crippen molar-refractivity contribution in [2.75, 3.05) is 19.0 Å². The van der Waals surface area contributed by atoms with Crippen LogP contribution in [0.4, 0.5) is 5.82 Å². The van der Waals surface area contributed by atoms with Gasteiger partial charge in [0.15, 0.2) is 0 Å². The molecule has 0 bridgehead atoms. The molecule has 0 atom stereocenters. The van der Waals surface area contributed by atoms with Crippen LogP contribution in [-0.2, 0) is 16.8 Å². The van der Waals surface area contributed by atoms with Crippen LogP contribution in [0.1, 0.15) is 42.4 Å². The predicted octanol–water partition coefficient (Wildman–Crippen LogP) is 6.11. The number of nitrogens with zero attached hydrogens (tertiary/aromatic N) is 3. The van der Waals surface area contributed by atoms with Crippen molar-refractivity contribution in [1.29, 1.82) is 0 Å². The third-order valence-electron chi connectivity index (χ3n) is 5.98. The number of hydrogen-bond acceptors (Lipinski definition) is 4. The quantitative estimate of drug-likeness (QED) is 0.298. The summed E-state index contributed by atoms with van der Waals surface area (Å²) in [6, 6.07) is 25.6. The summed E-state index contributed by atoms with van der Waals surface area (Å²) in [6.45, 7) is 6.25. The van der Waals surface area contributed by atoms with Gasteiger partial charge in [0, 0.05) is 23.6 Å². The van der Waals surface area contributed by atoms with Crippen molar-refractivity contribution < 1.29 is 14.3 Å². The molecule has 1 N–H and O–H groups in total. The van der Waals surface area contributed by atoms with Crippen molar-refractivity contribution in [2.45, 2.75) is 32.7 Å². The normalized spacial score (nSPS) is 11.2. The number of nitrogens with one attached hydrogen (secondary N) is 1. The number of para-hydroxylation sites is 1. The molecule has 38 heavy (non-hydrogen) atoms. The molecule has 0 aliphatic heterocycles. The van der Waals surface area contributed by atoms with Crippen LogP contribution in [0, 0.1) is 0 Å². The SMILES string of the molecule is COc1cccc(C(=O)N(CC(=O)Nc2cc(C(C)(C)C)nn2-c2ccccc2Cl)Cc2ccccc2)c1. The number of halogens is 1. The molecule has 0 saturated carbocycles. The number of anilines is 1. The molecular formula is C30H31ClN4O3. The predicted molar refractivity (Wildman–Crippen MR) is 150 cm³/mol. The van der Waals surface area contributed by atoms with Gasteiger partial charge in [0.25, 0.3) is 5.91 Å². The van der Waals surface area contributed by atoms with Crippen LogP contribution in [-0.4, -0.2) is 40.1 Å². The van der Waals surface area contributed by atoms with Gasteiger partial charge in [-0.25, -0.2) is 4.68 Å². The molecule has 1 heterocycles. The van der Waals surface area contributed by atoms with Gasteiger partial charge < -0.3 is 15.0 Å². The van der Waals surface area contributed by atoms with E-state index in [2.05, 4.69) is 5.32 Å². The number of benzene rings is 3. The van der Waals surface area contributed by atoms with Gasteiger partial charge >= 0.3 is 0 Å². The first-order chi connectivity index (χ1) is 18.2. The van der Waals surface area contributed by atoms with Crippen molar-refractivity contribution in [3.63, 3.8) is 0 Å². The highest BCUT2D eigenvalue weighted by Gasteiger charge is 2.24. The van der Waals surface area contributed by atoms with E-state index in [1.807, 2.05) is 75.4 Å². The Balaban J connectivity index is 1.63. The molecule has 0 radical (unpaired) electrons. The topological polar surface area (TPSA) is 76.5 Å². The van der Waals surface area contributed by atoms with Crippen LogP contribution in [0.3, 0.4) is 0 Å². The van der Waals surface area contributed by atoms with E-state index in [1.54, 1.807) is 42.1 Å². The van der Waals surface area contributed by atoms with Gasteiger partial charge in [-0.3, -0.25) is 9.59 Å². The highest BCUT2D eigenvalue weighted by molar-refractivity contribution is 6.32. The smallest absolute Gasteiger partial charge is 0.254 e. The van der Waals surface area contributed by atoms with Crippen LogP contribution in [0.5, 0.6) is 5.75 Å². The summed E-state index contributed by atoms with van der Waals surface area (Å²) in [6.07, 6.45) is 0. The Bertz CT molecular complexity index is 1430. The monoisotopic (exact) mass is 530 g/mol. The second kappa shape index (κ2) is 11.5. The maximum atomic E-state index is 13.5. The average Bonchev–Trinajstić information content (AvgIpc) is 3.32. The molecular weight excluding hydrogens is 500 g/mol. The van der Waals surface area contributed by atoms with Gasteiger partial charge in [-0.15, -0.1) is 0 Å². The van der Waals surface area contributed by atoms with Crippen molar-refractivity contribution in [3.05, 3.63) is 107 Å².